The molecule has 1 unspecified atom stereocenters. The monoisotopic (exact) mass is 552 g/mol. The van der Waals surface area contributed by atoms with Crippen LogP contribution in [0.3, 0.4) is 0 Å². The zero-order valence-corrected chi connectivity index (χ0v) is 22.4. The molecular formula is C28H33FN6O5. The number of hydrogen-bond donors (Lipinski definition) is 2. The first kappa shape index (κ1) is 26.8. The van der Waals surface area contributed by atoms with E-state index < -0.39 is 11.7 Å². The Hall–Kier alpha value is -3.45. The highest BCUT2D eigenvalue weighted by Gasteiger charge is 2.41. The molecule has 2 N–H and O–H groups in total. The number of rotatable bonds is 7. The molecule has 6 rings (SSSR count). The first-order valence-electron chi connectivity index (χ1n) is 13.6. The van der Waals surface area contributed by atoms with Crippen LogP contribution in [0.25, 0.3) is 22.6 Å². The number of carbonyl (C=O) groups excluding carboxylic acids is 1. The van der Waals surface area contributed by atoms with Gasteiger partial charge < -0.3 is 34.1 Å². The fourth-order valence-corrected chi connectivity index (χ4v) is 5.03. The number of anilines is 1. The van der Waals surface area contributed by atoms with Crippen molar-refractivity contribution in [2.75, 3.05) is 57.6 Å². The number of aromatic nitrogens is 4. The van der Waals surface area contributed by atoms with Crippen molar-refractivity contribution in [1.82, 2.24) is 25.3 Å². The largest absolute Gasteiger partial charge is 0.378 e. The number of nitrogens with one attached hydrogen (secondary N) is 2. The van der Waals surface area contributed by atoms with Crippen LogP contribution in [0, 0.1) is 11.2 Å². The molecule has 3 aromatic rings. The van der Waals surface area contributed by atoms with Gasteiger partial charge in [-0.2, -0.15) is 0 Å². The van der Waals surface area contributed by atoms with Crippen molar-refractivity contribution in [2.45, 2.75) is 32.2 Å². The van der Waals surface area contributed by atoms with Gasteiger partial charge in [0.2, 0.25) is 18.1 Å². The third-order valence-electron chi connectivity index (χ3n) is 7.42. The zero-order valence-electron chi connectivity index (χ0n) is 22.4. The number of halogens is 1. The summed E-state index contributed by atoms with van der Waals surface area (Å²) in [5.74, 6) is 0.554. The summed E-state index contributed by atoms with van der Waals surface area (Å²) in [5.41, 5.74) is 1.71. The van der Waals surface area contributed by atoms with Crippen LogP contribution in [0.5, 0.6) is 0 Å². The molecule has 2 aromatic heterocycles. The zero-order chi connectivity index (χ0) is 27.5. The van der Waals surface area contributed by atoms with Gasteiger partial charge in [0.1, 0.15) is 5.82 Å². The summed E-state index contributed by atoms with van der Waals surface area (Å²) in [5, 5.41) is 2.98. The van der Waals surface area contributed by atoms with Gasteiger partial charge in [0, 0.05) is 38.0 Å². The molecular weight excluding hydrogens is 519 g/mol. The van der Waals surface area contributed by atoms with E-state index in [2.05, 4.69) is 20.2 Å². The highest BCUT2D eigenvalue weighted by atomic mass is 19.1. The van der Waals surface area contributed by atoms with Gasteiger partial charge >= 0.3 is 0 Å². The predicted octanol–water partition coefficient (Wildman–Crippen LogP) is 2.86. The van der Waals surface area contributed by atoms with E-state index in [1.165, 1.54) is 12.1 Å². The van der Waals surface area contributed by atoms with Gasteiger partial charge in [-0.25, -0.2) is 19.3 Å². The maximum Gasteiger partial charge on any atom is 0.230 e. The molecule has 12 heteroatoms. The molecule has 11 nitrogen and oxygen atoms in total. The van der Waals surface area contributed by atoms with Crippen LogP contribution in [-0.2, 0) is 23.7 Å². The van der Waals surface area contributed by atoms with Gasteiger partial charge in [-0.3, -0.25) is 4.79 Å². The number of imidazole rings is 1. The minimum absolute atomic E-state index is 0.0581. The lowest BCUT2D eigenvalue weighted by Gasteiger charge is -2.35. The lowest BCUT2D eigenvalue weighted by atomic mass is 9.91. The van der Waals surface area contributed by atoms with Crippen molar-refractivity contribution in [2.24, 2.45) is 5.41 Å². The number of ether oxygens (including phenoxy) is 4. The number of hydrogen-bond acceptors (Lipinski definition) is 9. The molecule has 3 saturated heterocycles. The third kappa shape index (κ3) is 5.71. The topological polar surface area (TPSA) is 124 Å². The van der Waals surface area contributed by atoms with Gasteiger partial charge in [0.15, 0.2) is 5.82 Å². The lowest BCUT2D eigenvalue weighted by molar-refractivity contribution is -0.231. The standard InChI is InChI=1S/C28H33FN6O5/c1-28(26(36)31-15-20-3-2-12-38-20)16-39-25(40-17-28)24-33-22(18-4-6-19(29)7-5-18)23(34-24)21-8-9-30-27(32-21)35-10-13-37-14-11-35/h4-9,20,25H,2-3,10-17H2,1H3,(H,31,36)(H,33,34). The first-order chi connectivity index (χ1) is 19.5. The summed E-state index contributed by atoms with van der Waals surface area (Å²) in [6.45, 7) is 5.98. The van der Waals surface area contributed by atoms with Gasteiger partial charge in [0.05, 0.1) is 55.0 Å². The second-order valence-electron chi connectivity index (χ2n) is 10.6. The van der Waals surface area contributed by atoms with E-state index in [4.69, 9.17) is 28.9 Å². The van der Waals surface area contributed by atoms with Crippen molar-refractivity contribution in [1.29, 1.82) is 0 Å². The van der Waals surface area contributed by atoms with Crippen LogP contribution in [0.1, 0.15) is 31.9 Å². The molecule has 0 spiro atoms. The molecule has 3 aliphatic rings. The Morgan fingerprint density at radius 2 is 1.88 bits per heavy atom. The molecule has 1 amide bonds. The normalized spacial score (nSPS) is 25.2. The van der Waals surface area contributed by atoms with E-state index >= 15 is 0 Å². The molecule has 3 aliphatic heterocycles. The quantitative estimate of drug-likeness (QED) is 0.455. The van der Waals surface area contributed by atoms with Gasteiger partial charge in [-0.05, 0) is 50.1 Å². The minimum atomic E-state index is -0.843. The maximum atomic E-state index is 13.7. The van der Waals surface area contributed by atoms with Crippen molar-refractivity contribution in [3.8, 4) is 22.6 Å². The molecule has 0 radical (unpaired) electrons. The summed E-state index contributed by atoms with van der Waals surface area (Å²) in [7, 11) is 0. The molecule has 212 valence electrons. The SMILES string of the molecule is CC1(C(=O)NCC2CCCO2)COC(c2nc(-c3ccc(F)cc3)c(-c3ccnc(N4CCOCC4)n3)[nH]2)OC1. The van der Waals surface area contributed by atoms with Crippen molar-refractivity contribution in [3.05, 3.63) is 48.2 Å². The summed E-state index contributed by atoms with van der Waals surface area (Å²) in [6.07, 6.45) is 2.91. The van der Waals surface area contributed by atoms with Gasteiger partial charge in [0.25, 0.3) is 0 Å². The number of aromatic amines is 1. The van der Waals surface area contributed by atoms with Crippen LogP contribution in [0.2, 0.25) is 0 Å². The maximum absolute atomic E-state index is 13.7. The van der Waals surface area contributed by atoms with Gasteiger partial charge in [-0.15, -0.1) is 0 Å². The number of nitrogens with zero attached hydrogens (tertiary/aromatic N) is 4. The fourth-order valence-electron chi connectivity index (χ4n) is 5.03. The number of morpholine rings is 1. The highest BCUT2D eigenvalue weighted by molar-refractivity contribution is 5.82. The number of H-pyrrole nitrogens is 1. The van der Waals surface area contributed by atoms with E-state index in [-0.39, 0.29) is 31.0 Å². The Balaban J connectivity index is 1.23. The Morgan fingerprint density at radius 1 is 1.10 bits per heavy atom. The third-order valence-corrected chi connectivity index (χ3v) is 7.42. The summed E-state index contributed by atoms with van der Waals surface area (Å²) in [6, 6.07) is 7.91. The van der Waals surface area contributed by atoms with Gasteiger partial charge in [-0.1, -0.05) is 0 Å². The summed E-state index contributed by atoms with van der Waals surface area (Å²) >= 11 is 0. The van der Waals surface area contributed by atoms with Crippen LogP contribution in [-0.4, -0.2) is 84.6 Å². The summed E-state index contributed by atoms with van der Waals surface area (Å²) in [4.78, 5) is 32.4. The number of benzene rings is 1. The van der Waals surface area contributed by atoms with Crippen molar-refractivity contribution >= 4 is 11.9 Å². The first-order valence-corrected chi connectivity index (χ1v) is 13.6. The Labute approximate surface area is 231 Å². The van der Waals surface area contributed by atoms with Crippen molar-refractivity contribution < 1.29 is 28.1 Å². The van der Waals surface area contributed by atoms with E-state index in [9.17, 15) is 9.18 Å². The molecule has 3 fully saturated rings. The minimum Gasteiger partial charge on any atom is -0.378 e. The Kier molecular flexibility index (Phi) is 7.74. The average Bonchev–Trinajstić information content (AvgIpc) is 3.68. The second-order valence-corrected chi connectivity index (χ2v) is 10.6. The number of amides is 1. The highest BCUT2D eigenvalue weighted by Crippen LogP contribution is 2.36. The average molecular weight is 553 g/mol. The Morgan fingerprint density at radius 3 is 2.60 bits per heavy atom. The molecule has 1 atom stereocenters. The smallest absolute Gasteiger partial charge is 0.230 e. The predicted molar refractivity (Wildman–Crippen MR) is 143 cm³/mol. The van der Waals surface area contributed by atoms with Crippen LogP contribution in [0.4, 0.5) is 10.3 Å². The fraction of sp³-hybridized carbons (Fsp3) is 0.500. The molecule has 0 saturated carbocycles. The number of carbonyl (C=O) groups is 1. The molecule has 0 aliphatic carbocycles. The van der Waals surface area contributed by atoms with Crippen LogP contribution in [0.15, 0.2) is 36.5 Å². The van der Waals surface area contributed by atoms with Crippen molar-refractivity contribution in [3.63, 3.8) is 0 Å². The second kappa shape index (κ2) is 11.6. The van der Waals surface area contributed by atoms with Crippen LogP contribution < -0.4 is 10.2 Å². The molecule has 5 heterocycles. The Bertz CT molecular complexity index is 1310. The van der Waals surface area contributed by atoms with E-state index in [1.54, 1.807) is 24.4 Å². The molecule has 1 aromatic carbocycles. The lowest BCUT2D eigenvalue weighted by Crippen LogP contribution is -2.49. The van der Waals surface area contributed by atoms with E-state index in [0.717, 1.165) is 19.4 Å². The van der Waals surface area contributed by atoms with Crippen LogP contribution >= 0.6 is 0 Å². The van der Waals surface area contributed by atoms with E-state index in [0.29, 0.717) is 67.3 Å². The molecule has 0 bridgehead atoms. The molecule has 40 heavy (non-hydrogen) atoms. The summed E-state index contributed by atoms with van der Waals surface area (Å²) < 4.78 is 36.8. The van der Waals surface area contributed by atoms with E-state index in [1.807, 2.05) is 6.92 Å².